The number of benzene rings is 2. The fourth-order valence-corrected chi connectivity index (χ4v) is 6.28. The highest BCUT2D eigenvalue weighted by Crippen LogP contribution is 2.55. The molecule has 1 aromatic heterocycles. The number of thiophene rings is 1. The summed E-state index contributed by atoms with van der Waals surface area (Å²) in [5, 5.41) is 5.02. The van der Waals surface area contributed by atoms with Crippen molar-refractivity contribution in [3.63, 3.8) is 0 Å². The van der Waals surface area contributed by atoms with Crippen molar-refractivity contribution in [2.75, 3.05) is 34.7 Å². The number of hydrogen-bond donors (Lipinski definition) is 1. The molecule has 1 amide bonds. The third-order valence-electron chi connectivity index (χ3n) is 7.26. The van der Waals surface area contributed by atoms with Crippen molar-refractivity contribution in [2.45, 2.75) is 12.0 Å². The van der Waals surface area contributed by atoms with Crippen LogP contribution in [0.2, 0.25) is 0 Å². The summed E-state index contributed by atoms with van der Waals surface area (Å²) < 4.78 is 33.7. The molecule has 6 rings (SSSR count). The van der Waals surface area contributed by atoms with Gasteiger partial charge in [-0.05, 0) is 52.4 Å². The van der Waals surface area contributed by atoms with E-state index in [9.17, 15) is 9.59 Å². The smallest absolute Gasteiger partial charge is 0.310 e. The SMILES string of the molecule is COc1cc(C2c3cc4c(cc3C(NC(=O)c3cccs3)C3COC(=O)C23)OCO4)cc(OC)c1OC. The predicted octanol–water partition coefficient (Wildman–Crippen LogP) is 3.91. The third-order valence-corrected chi connectivity index (χ3v) is 8.13. The Morgan fingerprint density at radius 3 is 2.30 bits per heavy atom. The van der Waals surface area contributed by atoms with E-state index in [2.05, 4.69) is 5.32 Å². The van der Waals surface area contributed by atoms with Crippen LogP contribution in [0.4, 0.5) is 0 Å². The van der Waals surface area contributed by atoms with Gasteiger partial charge in [0.1, 0.15) is 0 Å². The van der Waals surface area contributed by atoms with Crippen LogP contribution < -0.4 is 29.0 Å². The Hall–Kier alpha value is -3.92. The maximum absolute atomic E-state index is 13.3. The number of rotatable bonds is 6. The summed E-state index contributed by atoms with van der Waals surface area (Å²) in [4.78, 5) is 27.0. The molecule has 37 heavy (non-hydrogen) atoms. The summed E-state index contributed by atoms with van der Waals surface area (Å²) in [6, 6.07) is 10.7. The second-order valence-corrected chi connectivity index (χ2v) is 9.97. The fourth-order valence-electron chi connectivity index (χ4n) is 5.65. The molecule has 0 radical (unpaired) electrons. The summed E-state index contributed by atoms with van der Waals surface area (Å²) in [6.07, 6.45) is 0. The van der Waals surface area contributed by atoms with Gasteiger partial charge < -0.3 is 33.7 Å². The molecule has 3 heterocycles. The van der Waals surface area contributed by atoms with Gasteiger partial charge in [0.2, 0.25) is 12.5 Å². The Morgan fingerprint density at radius 1 is 0.973 bits per heavy atom. The number of methoxy groups -OCH3 is 3. The summed E-state index contributed by atoms with van der Waals surface area (Å²) in [7, 11) is 4.65. The van der Waals surface area contributed by atoms with Crippen LogP contribution >= 0.6 is 11.3 Å². The van der Waals surface area contributed by atoms with Crippen molar-refractivity contribution in [2.24, 2.45) is 11.8 Å². The first-order valence-corrected chi connectivity index (χ1v) is 12.7. The van der Waals surface area contributed by atoms with E-state index in [1.54, 1.807) is 27.4 Å². The Morgan fingerprint density at radius 2 is 1.68 bits per heavy atom. The third kappa shape index (κ3) is 3.74. The van der Waals surface area contributed by atoms with E-state index in [1.807, 2.05) is 35.7 Å². The van der Waals surface area contributed by atoms with E-state index in [-0.39, 0.29) is 31.2 Å². The molecular formula is C27H25NO8S. The van der Waals surface area contributed by atoms with Crippen molar-refractivity contribution in [1.82, 2.24) is 5.32 Å². The number of nitrogens with one attached hydrogen (secondary N) is 1. The second-order valence-electron chi connectivity index (χ2n) is 9.02. The van der Waals surface area contributed by atoms with Crippen LogP contribution in [0.5, 0.6) is 28.7 Å². The van der Waals surface area contributed by atoms with Crippen molar-refractivity contribution in [3.8, 4) is 28.7 Å². The predicted molar refractivity (Wildman–Crippen MR) is 133 cm³/mol. The summed E-state index contributed by atoms with van der Waals surface area (Å²) in [5.41, 5.74) is 2.49. The Labute approximate surface area is 217 Å². The van der Waals surface area contributed by atoms with E-state index >= 15 is 0 Å². The molecule has 1 aliphatic carbocycles. The number of ether oxygens (including phenoxy) is 6. The van der Waals surface area contributed by atoms with Crippen LogP contribution in [0, 0.1) is 11.8 Å². The molecule has 0 saturated carbocycles. The molecule has 3 aliphatic rings. The van der Waals surface area contributed by atoms with Gasteiger partial charge >= 0.3 is 5.97 Å². The number of hydrogen-bond acceptors (Lipinski definition) is 9. The fraction of sp³-hybridized carbons (Fsp3) is 0.333. The maximum Gasteiger partial charge on any atom is 0.310 e. The second kappa shape index (κ2) is 9.19. The quantitative estimate of drug-likeness (QED) is 0.486. The van der Waals surface area contributed by atoms with Crippen LogP contribution in [0.3, 0.4) is 0 Å². The average Bonchev–Trinajstić information content (AvgIpc) is 3.68. The van der Waals surface area contributed by atoms with Gasteiger partial charge in [0.25, 0.3) is 5.91 Å². The number of amides is 1. The zero-order valence-corrected chi connectivity index (χ0v) is 21.3. The minimum Gasteiger partial charge on any atom is -0.493 e. The van der Waals surface area contributed by atoms with Crippen LogP contribution in [0.25, 0.3) is 0 Å². The molecule has 1 N–H and O–H groups in total. The summed E-state index contributed by atoms with van der Waals surface area (Å²) >= 11 is 1.36. The van der Waals surface area contributed by atoms with Crippen LogP contribution in [0.1, 0.15) is 38.3 Å². The molecule has 0 bridgehead atoms. The van der Waals surface area contributed by atoms with Gasteiger partial charge in [-0.15, -0.1) is 11.3 Å². The number of fused-ring (bicyclic) bond motifs is 3. The van der Waals surface area contributed by atoms with Crippen LogP contribution in [-0.4, -0.2) is 46.6 Å². The molecule has 3 aromatic rings. The van der Waals surface area contributed by atoms with Gasteiger partial charge in [0, 0.05) is 11.8 Å². The highest BCUT2D eigenvalue weighted by atomic mass is 32.1. The lowest BCUT2D eigenvalue weighted by Gasteiger charge is -2.39. The Kier molecular flexibility index (Phi) is 5.83. The van der Waals surface area contributed by atoms with E-state index < -0.39 is 17.9 Å². The highest BCUT2D eigenvalue weighted by Gasteiger charge is 2.53. The minimum atomic E-state index is -0.552. The van der Waals surface area contributed by atoms with E-state index in [1.165, 1.54) is 11.3 Å². The molecule has 192 valence electrons. The number of carbonyl (C=O) groups is 2. The van der Waals surface area contributed by atoms with E-state index in [0.29, 0.717) is 33.6 Å². The number of cyclic esters (lactones) is 1. The van der Waals surface area contributed by atoms with E-state index in [0.717, 1.165) is 16.7 Å². The van der Waals surface area contributed by atoms with Gasteiger partial charge in [-0.3, -0.25) is 9.59 Å². The van der Waals surface area contributed by atoms with Gasteiger partial charge in [-0.2, -0.15) is 0 Å². The Bertz CT molecular complexity index is 1350. The molecule has 1 fully saturated rings. The first-order chi connectivity index (χ1) is 18.0. The first-order valence-electron chi connectivity index (χ1n) is 11.8. The molecule has 2 aromatic carbocycles. The summed E-state index contributed by atoms with van der Waals surface area (Å²) in [6.45, 7) is 0.294. The zero-order valence-electron chi connectivity index (χ0n) is 20.4. The molecule has 10 heteroatoms. The topological polar surface area (TPSA) is 102 Å². The van der Waals surface area contributed by atoms with Crippen molar-refractivity contribution in [3.05, 3.63) is 63.3 Å². The average molecular weight is 524 g/mol. The van der Waals surface area contributed by atoms with Crippen molar-refractivity contribution in [1.29, 1.82) is 0 Å². The van der Waals surface area contributed by atoms with Crippen molar-refractivity contribution >= 4 is 23.2 Å². The monoisotopic (exact) mass is 523 g/mol. The Balaban J connectivity index is 1.54. The largest absolute Gasteiger partial charge is 0.493 e. The lowest BCUT2D eigenvalue weighted by atomic mass is 9.65. The minimum absolute atomic E-state index is 0.105. The van der Waals surface area contributed by atoms with Crippen molar-refractivity contribution < 1.29 is 38.0 Å². The van der Waals surface area contributed by atoms with Crippen LogP contribution in [-0.2, 0) is 9.53 Å². The molecule has 9 nitrogen and oxygen atoms in total. The van der Waals surface area contributed by atoms with Gasteiger partial charge in [-0.25, -0.2) is 0 Å². The maximum atomic E-state index is 13.3. The highest BCUT2D eigenvalue weighted by molar-refractivity contribution is 7.12. The molecule has 2 aliphatic heterocycles. The zero-order chi connectivity index (χ0) is 25.7. The van der Waals surface area contributed by atoms with Crippen LogP contribution in [0.15, 0.2) is 41.8 Å². The molecular weight excluding hydrogens is 498 g/mol. The van der Waals surface area contributed by atoms with Gasteiger partial charge in [0.15, 0.2) is 23.0 Å². The summed E-state index contributed by atoms with van der Waals surface area (Å²) in [5.74, 6) is 0.833. The van der Waals surface area contributed by atoms with Gasteiger partial charge in [-0.1, -0.05) is 6.07 Å². The standard InChI is InChI=1S/C27H25NO8S/c1-31-19-7-13(8-20(32-2)25(19)33-3)22-14-9-17-18(36-12-35-17)10-15(14)24(16-11-34-27(30)23(16)22)28-26(29)21-5-4-6-37-21/h4-10,16,22-24H,11-12H2,1-3H3,(H,28,29). The lowest BCUT2D eigenvalue weighted by molar-refractivity contribution is -0.141. The molecule has 1 saturated heterocycles. The molecule has 0 spiro atoms. The number of carbonyl (C=O) groups excluding carboxylic acids is 2. The number of esters is 1. The molecule has 4 unspecified atom stereocenters. The first kappa shape index (κ1) is 23.5. The van der Waals surface area contributed by atoms with E-state index in [4.69, 9.17) is 28.4 Å². The molecule has 4 atom stereocenters. The lowest BCUT2D eigenvalue weighted by Crippen LogP contribution is -2.42. The van der Waals surface area contributed by atoms with Gasteiger partial charge in [0.05, 0.1) is 44.8 Å². The normalized spacial score (nSPS) is 23.1.